The number of aromatic nitrogens is 1. The maximum Gasteiger partial charge on any atom is 0.326 e. The van der Waals surface area contributed by atoms with Gasteiger partial charge in [-0.05, 0) is 55.5 Å². The van der Waals surface area contributed by atoms with E-state index in [1.165, 1.54) is 6.92 Å². The first kappa shape index (κ1) is 21.7. The van der Waals surface area contributed by atoms with E-state index < -0.39 is 11.9 Å². The van der Waals surface area contributed by atoms with Crippen molar-refractivity contribution in [2.24, 2.45) is 0 Å². The van der Waals surface area contributed by atoms with E-state index in [1.54, 1.807) is 55.6 Å². The number of Topliss-reactive ketones (excluding diaryl/α,β-unsaturated/α-hetero) is 1. The summed E-state index contributed by atoms with van der Waals surface area (Å²) in [5, 5.41) is 5.47. The number of fused-ring (bicyclic) bond motifs is 1. The molecule has 164 valence electrons. The molecule has 0 aliphatic heterocycles. The second-order valence-electron chi connectivity index (χ2n) is 7.35. The van der Waals surface area contributed by atoms with Crippen molar-refractivity contribution in [1.29, 1.82) is 0 Å². The monoisotopic (exact) mass is 439 g/mol. The number of ketones is 1. The molecular formula is C26H21N3O4. The topological polar surface area (TPSA) is 97.4 Å². The van der Waals surface area contributed by atoms with E-state index in [0.717, 1.165) is 5.56 Å². The van der Waals surface area contributed by atoms with E-state index in [2.05, 4.69) is 15.6 Å². The summed E-state index contributed by atoms with van der Waals surface area (Å²) in [5.41, 5.74) is 3.15. The van der Waals surface area contributed by atoms with Crippen molar-refractivity contribution in [3.05, 3.63) is 90.0 Å². The van der Waals surface area contributed by atoms with E-state index in [-0.39, 0.29) is 11.3 Å². The molecule has 7 nitrogen and oxygen atoms in total. The van der Waals surface area contributed by atoms with Crippen LogP contribution in [0.5, 0.6) is 5.75 Å². The average Bonchev–Trinajstić information content (AvgIpc) is 2.83. The summed E-state index contributed by atoms with van der Waals surface area (Å²) >= 11 is 0. The van der Waals surface area contributed by atoms with Crippen molar-refractivity contribution in [3.63, 3.8) is 0 Å². The van der Waals surface area contributed by atoms with Gasteiger partial charge in [-0.2, -0.15) is 0 Å². The van der Waals surface area contributed by atoms with Crippen molar-refractivity contribution in [3.8, 4) is 17.0 Å². The van der Waals surface area contributed by atoms with Gasteiger partial charge >= 0.3 is 6.03 Å². The Morgan fingerprint density at radius 3 is 2.27 bits per heavy atom. The normalized spacial score (nSPS) is 10.5. The zero-order valence-electron chi connectivity index (χ0n) is 18.1. The van der Waals surface area contributed by atoms with Gasteiger partial charge in [0.1, 0.15) is 5.75 Å². The summed E-state index contributed by atoms with van der Waals surface area (Å²) in [5.74, 6) is -0.0889. The van der Waals surface area contributed by atoms with Gasteiger partial charge in [0.15, 0.2) is 5.78 Å². The Morgan fingerprint density at radius 1 is 0.879 bits per heavy atom. The van der Waals surface area contributed by atoms with E-state index in [1.807, 2.05) is 30.3 Å². The number of imide groups is 1. The van der Waals surface area contributed by atoms with Crippen LogP contribution < -0.4 is 15.4 Å². The molecule has 0 aliphatic carbocycles. The number of ether oxygens (including phenoxy) is 1. The second-order valence-corrected chi connectivity index (χ2v) is 7.35. The lowest BCUT2D eigenvalue weighted by atomic mass is 10.0. The summed E-state index contributed by atoms with van der Waals surface area (Å²) in [6, 6.07) is 22.1. The van der Waals surface area contributed by atoms with Crippen LogP contribution in [0, 0.1) is 0 Å². The quantitative estimate of drug-likeness (QED) is 0.423. The zero-order valence-corrected chi connectivity index (χ0v) is 18.1. The van der Waals surface area contributed by atoms with Gasteiger partial charge in [-0.15, -0.1) is 0 Å². The van der Waals surface area contributed by atoms with Crippen LogP contribution in [-0.4, -0.2) is 29.8 Å². The van der Waals surface area contributed by atoms with Crippen molar-refractivity contribution in [2.75, 3.05) is 12.4 Å². The molecule has 7 heteroatoms. The molecule has 4 rings (SSSR count). The smallest absolute Gasteiger partial charge is 0.326 e. The third-order valence-corrected chi connectivity index (χ3v) is 5.10. The highest BCUT2D eigenvalue weighted by atomic mass is 16.5. The number of anilines is 1. The average molecular weight is 439 g/mol. The van der Waals surface area contributed by atoms with Crippen LogP contribution in [0.1, 0.15) is 27.6 Å². The number of carbonyl (C=O) groups is 3. The van der Waals surface area contributed by atoms with Crippen molar-refractivity contribution in [2.45, 2.75) is 6.92 Å². The minimum absolute atomic E-state index is 0.132. The van der Waals surface area contributed by atoms with Crippen LogP contribution in [-0.2, 0) is 0 Å². The third kappa shape index (κ3) is 4.88. The van der Waals surface area contributed by atoms with E-state index in [0.29, 0.717) is 33.6 Å². The first-order chi connectivity index (χ1) is 15.9. The summed E-state index contributed by atoms with van der Waals surface area (Å²) < 4.78 is 5.10. The number of urea groups is 1. The number of nitrogens with one attached hydrogen (secondary N) is 2. The fourth-order valence-corrected chi connectivity index (χ4v) is 3.40. The van der Waals surface area contributed by atoms with Crippen LogP contribution in [0.2, 0.25) is 0 Å². The van der Waals surface area contributed by atoms with Gasteiger partial charge in [0.25, 0.3) is 5.91 Å². The predicted molar refractivity (Wildman–Crippen MR) is 127 cm³/mol. The van der Waals surface area contributed by atoms with Gasteiger partial charge in [0.2, 0.25) is 0 Å². The molecule has 3 amide bonds. The van der Waals surface area contributed by atoms with Crippen LogP contribution in [0.15, 0.2) is 78.9 Å². The summed E-state index contributed by atoms with van der Waals surface area (Å²) in [7, 11) is 1.55. The highest BCUT2D eigenvalue weighted by molar-refractivity contribution is 6.15. The molecule has 2 N–H and O–H groups in total. The van der Waals surface area contributed by atoms with Crippen molar-refractivity contribution >= 4 is 34.3 Å². The molecule has 1 aromatic heterocycles. The first-order valence-corrected chi connectivity index (χ1v) is 10.2. The number of amides is 3. The molecule has 0 saturated carbocycles. The number of rotatable bonds is 5. The number of nitrogens with zero attached hydrogens (tertiary/aromatic N) is 1. The summed E-state index contributed by atoms with van der Waals surface area (Å²) in [6.45, 7) is 1.45. The molecule has 0 atom stereocenters. The molecule has 0 fully saturated rings. The van der Waals surface area contributed by atoms with Gasteiger partial charge in [0, 0.05) is 22.2 Å². The highest BCUT2D eigenvalue weighted by Gasteiger charge is 2.17. The lowest BCUT2D eigenvalue weighted by Crippen LogP contribution is -2.34. The number of carbonyl (C=O) groups excluding carboxylic acids is 3. The number of methoxy groups -OCH3 is 1. The van der Waals surface area contributed by atoms with E-state index >= 15 is 0 Å². The van der Waals surface area contributed by atoms with Gasteiger partial charge in [0.05, 0.1) is 23.9 Å². The van der Waals surface area contributed by atoms with Gasteiger partial charge in [-0.3, -0.25) is 14.9 Å². The second kappa shape index (κ2) is 9.32. The molecule has 3 aromatic carbocycles. The molecule has 0 saturated heterocycles. The van der Waals surface area contributed by atoms with Crippen molar-refractivity contribution < 1.29 is 19.1 Å². The van der Waals surface area contributed by atoms with Crippen LogP contribution in [0.3, 0.4) is 0 Å². The van der Waals surface area contributed by atoms with Crippen LogP contribution in [0.4, 0.5) is 10.5 Å². The summed E-state index contributed by atoms with van der Waals surface area (Å²) in [4.78, 5) is 42.1. The molecule has 4 aromatic rings. The summed E-state index contributed by atoms with van der Waals surface area (Å²) in [6.07, 6.45) is 0. The Balaban J connectivity index is 1.68. The fourth-order valence-electron chi connectivity index (χ4n) is 3.40. The standard InChI is InChI=1S/C26H21N3O4/c1-16(30)18-8-13-23-21(14-18)22(15-24(28-23)17-6-4-3-5-7-17)25(31)29-26(32)27-19-9-11-20(33-2)12-10-19/h3-15H,1-2H3,(H2,27,29,31,32). The highest BCUT2D eigenvalue weighted by Crippen LogP contribution is 2.26. The SMILES string of the molecule is COc1ccc(NC(=O)NC(=O)c2cc(-c3ccccc3)nc3ccc(C(C)=O)cc23)cc1. The Labute approximate surface area is 190 Å². The maximum atomic E-state index is 13.1. The van der Waals surface area contributed by atoms with E-state index in [9.17, 15) is 14.4 Å². The fraction of sp³-hybridized carbons (Fsp3) is 0.0769. The molecule has 0 spiro atoms. The lowest BCUT2D eigenvalue weighted by Gasteiger charge is -2.12. The molecule has 33 heavy (non-hydrogen) atoms. The number of hydrogen-bond donors (Lipinski definition) is 2. The van der Waals surface area contributed by atoms with Crippen LogP contribution >= 0.6 is 0 Å². The number of hydrogen-bond acceptors (Lipinski definition) is 5. The minimum Gasteiger partial charge on any atom is -0.497 e. The Morgan fingerprint density at radius 2 is 1.61 bits per heavy atom. The molecule has 0 unspecified atom stereocenters. The molecule has 0 radical (unpaired) electrons. The molecule has 0 aliphatic rings. The van der Waals surface area contributed by atoms with Crippen molar-refractivity contribution in [1.82, 2.24) is 10.3 Å². The maximum absolute atomic E-state index is 13.1. The van der Waals surface area contributed by atoms with Crippen LogP contribution in [0.25, 0.3) is 22.2 Å². The molecular weight excluding hydrogens is 418 g/mol. The van der Waals surface area contributed by atoms with Gasteiger partial charge in [-0.25, -0.2) is 9.78 Å². The molecule has 0 bridgehead atoms. The van der Waals surface area contributed by atoms with Gasteiger partial charge < -0.3 is 10.1 Å². The predicted octanol–water partition coefficient (Wildman–Crippen LogP) is 5.07. The number of pyridine rings is 1. The largest absolute Gasteiger partial charge is 0.497 e. The Hall–Kier alpha value is -4.52. The zero-order chi connectivity index (χ0) is 23.4. The lowest BCUT2D eigenvalue weighted by molar-refractivity contribution is 0.0966. The minimum atomic E-state index is -0.681. The number of benzene rings is 3. The Bertz CT molecular complexity index is 1350. The van der Waals surface area contributed by atoms with Gasteiger partial charge in [-0.1, -0.05) is 30.3 Å². The third-order valence-electron chi connectivity index (χ3n) is 5.10. The Kier molecular flexibility index (Phi) is 6.13. The van der Waals surface area contributed by atoms with E-state index in [4.69, 9.17) is 4.74 Å². The molecule has 1 heterocycles. The first-order valence-electron chi connectivity index (χ1n) is 10.2.